The Labute approximate surface area is 91.0 Å². The van der Waals surface area contributed by atoms with Crippen LogP contribution in [-0.4, -0.2) is 12.3 Å². The molecule has 15 heavy (non-hydrogen) atoms. The normalized spacial score (nSPS) is 11.5. The molecule has 1 aromatic rings. The maximum atomic E-state index is 12.9. The van der Waals surface area contributed by atoms with Gasteiger partial charge >= 0.3 is 0 Å². The molecule has 0 spiro atoms. The fourth-order valence-corrected chi connectivity index (χ4v) is 1.41. The van der Waals surface area contributed by atoms with Crippen LogP contribution in [0.15, 0.2) is 18.2 Å². The van der Waals surface area contributed by atoms with Gasteiger partial charge in [-0.3, -0.25) is 4.79 Å². The van der Waals surface area contributed by atoms with Crippen molar-refractivity contribution >= 4 is 17.4 Å². The summed E-state index contributed by atoms with van der Waals surface area (Å²) in [5, 5.41) is 0.00414. The monoisotopic (exact) mass is 233 g/mol. The summed E-state index contributed by atoms with van der Waals surface area (Å²) in [6.45, 7) is 0.574. The number of benzene rings is 1. The average molecular weight is 234 g/mol. The van der Waals surface area contributed by atoms with Gasteiger partial charge in [0.2, 0.25) is 0 Å². The third-order valence-electron chi connectivity index (χ3n) is 1.96. The average Bonchev–Trinajstić information content (AvgIpc) is 2.15. The van der Waals surface area contributed by atoms with E-state index >= 15 is 0 Å². The molecule has 0 saturated heterocycles. The number of rotatable bonds is 3. The van der Waals surface area contributed by atoms with E-state index in [2.05, 4.69) is 0 Å². The van der Waals surface area contributed by atoms with E-state index < -0.39 is 5.92 Å². The molecule has 0 heterocycles. The zero-order valence-corrected chi connectivity index (χ0v) is 8.81. The maximum absolute atomic E-state index is 12.9. The molecule has 0 aliphatic rings. The highest BCUT2D eigenvalue weighted by Crippen LogP contribution is 2.30. The van der Waals surface area contributed by atoms with E-state index in [1.807, 2.05) is 0 Å². The number of ketones is 1. The Morgan fingerprint density at radius 1 is 1.53 bits per heavy atom. The van der Waals surface area contributed by atoms with Gasteiger partial charge in [-0.05, 0) is 12.1 Å². The van der Waals surface area contributed by atoms with Crippen LogP contribution in [0.5, 0.6) is 0 Å². The number of carbonyl (C=O) groups excluding carboxylic acids is 1. The maximum Gasteiger partial charge on any atom is 0.270 e. The summed E-state index contributed by atoms with van der Waals surface area (Å²) >= 11 is 5.70. The summed E-state index contributed by atoms with van der Waals surface area (Å²) in [5.41, 5.74) is 5.09. The van der Waals surface area contributed by atoms with Crippen molar-refractivity contribution in [1.82, 2.24) is 0 Å². The standard InChI is InChI=1S/C10H10ClF2NO/c1-10(12,13)6-2-3-7(8(11)4-6)9(15)5-14/h2-4H,5,14H2,1H3. The number of halogens is 3. The largest absolute Gasteiger partial charge is 0.324 e. The molecule has 0 amide bonds. The lowest BCUT2D eigenvalue weighted by Crippen LogP contribution is -2.15. The molecule has 1 aromatic carbocycles. The lowest BCUT2D eigenvalue weighted by molar-refractivity contribution is 0.0174. The first kappa shape index (κ1) is 12.1. The number of Topliss-reactive ketones (excluding diaryl/α,β-unsaturated/α-hetero) is 1. The molecule has 0 radical (unpaired) electrons. The van der Waals surface area contributed by atoms with Gasteiger partial charge in [-0.1, -0.05) is 17.7 Å². The SMILES string of the molecule is CC(F)(F)c1ccc(C(=O)CN)c(Cl)c1. The predicted molar refractivity (Wildman–Crippen MR) is 54.4 cm³/mol. The third kappa shape index (κ3) is 2.73. The first-order valence-corrected chi connectivity index (χ1v) is 4.65. The molecule has 0 aromatic heterocycles. The van der Waals surface area contributed by atoms with Gasteiger partial charge < -0.3 is 5.73 Å². The second-order valence-electron chi connectivity index (χ2n) is 3.21. The van der Waals surface area contributed by atoms with Crippen molar-refractivity contribution in [3.8, 4) is 0 Å². The third-order valence-corrected chi connectivity index (χ3v) is 2.27. The molecule has 0 aliphatic carbocycles. The van der Waals surface area contributed by atoms with Crippen LogP contribution >= 0.6 is 11.6 Å². The van der Waals surface area contributed by atoms with E-state index in [-0.39, 0.29) is 28.5 Å². The first-order valence-electron chi connectivity index (χ1n) is 4.27. The molecule has 0 saturated carbocycles. The van der Waals surface area contributed by atoms with Gasteiger partial charge in [0.1, 0.15) is 0 Å². The second kappa shape index (κ2) is 4.24. The molecule has 5 heteroatoms. The summed E-state index contributed by atoms with van der Waals surface area (Å²) < 4.78 is 25.8. The van der Waals surface area contributed by atoms with Crippen LogP contribution in [0.4, 0.5) is 8.78 Å². The summed E-state index contributed by atoms with van der Waals surface area (Å²) in [6.07, 6.45) is 0. The Bertz CT molecular complexity index is 387. The van der Waals surface area contributed by atoms with E-state index in [0.717, 1.165) is 13.0 Å². The van der Waals surface area contributed by atoms with Crippen LogP contribution in [0.2, 0.25) is 5.02 Å². The minimum atomic E-state index is -2.96. The van der Waals surface area contributed by atoms with Crippen molar-refractivity contribution in [2.24, 2.45) is 5.73 Å². The summed E-state index contributed by atoms with van der Waals surface area (Å²) in [6, 6.07) is 3.53. The molecule has 2 nitrogen and oxygen atoms in total. The van der Waals surface area contributed by atoms with Gasteiger partial charge in [0.15, 0.2) is 5.78 Å². The van der Waals surface area contributed by atoms with E-state index in [4.69, 9.17) is 17.3 Å². The highest BCUT2D eigenvalue weighted by Gasteiger charge is 2.25. The zero-order chi connectivity index (χ0) is 11.6. The number of carbonyl (C=O) groups is 1. The summed E-state index contributed by atoms with van der Waals surface area (Å²) in [4.78, 5) is 11.2. The van der Waals surface area contributed by atoms with Crippen LogP contribution in [-0.2, 0) is 5.92 Å². The first-order chi connectivity index (χ1) is 6.86. The van der Waals surface area contributed by atoms with E-state index in [0.29, 0.717) is 0 Å². The van der Waals surface area contributed by atoms with Crippen LogP contribution in [0.1, 0.15) is 22.8 Å². The molecule has 0 aliphatic heterocycles. The van der Waals surface area contributed by atoms with Crippen molar-refractivity contribution in [2.45, 2.75) is 12.8 Å². The fraction of sp³-hybridized carbons (Fsp3) is 0.300. The van der Waals surface area contributed by atoms with Gasteiger partial charge in [-0.15, -0.1) is 0 Å². The van der Waals surface area contributed by atoms with Gasteiger partial charge in [-0.2, -0.15) is 0 Å². The van der Waals surface area contributed by atoms with Crippen molar-refractivity contribution in [3.63, 3.8) is 0 Å². The highest BCUT2D eigenvalue weighted by atomic mass is 35.5. The Hall–Kier alpha value is -1.00. The zero-order valence-electron chi connectivity index (χ0n) is 8.06. The Kier molecular flexibility index (Phi) is 3.42. The van der Waals surface area contributed by atoms with E-state index in [1.54, 1.807) is 0 Å². The smallest absolute Gasteiger partial charge is 0.270 e. The number of hydrogen-bond donors (Lipinski definition) is 1. The van der Waals surface area contributed by atoms with Gasteiger partial charge in [-0.25, -0.2) is 8.78 Å². The Balaban J connectivity index is 3.15. The minimum absolute atomic E-state index is 0.00414. The van der Waals surface area contributed by atoms with Crippen LogP contribution < -0.4 is 5.73 Å². The quantitative estimate of drug-likeness (QED) is 0.816. The molecular weight excluding hydrogens is 224 g/mol. The van der Waals surface area contributed by atoms with E-state index in [9.17, 15) is 13.6 Å². The molecule has 1 rings (SSSR count). The lowest BCUT2D eigenvalue weighted by Gasteiger charge is -2.11. The molecule has 0 atom stereocenters. The number of nitrogens with two attached hydrogens (primary N) is 1. The van der Waals surface area contributed by atoms with Crippen molar-refractivity contribution in [3.05, 3.63) is 34.3 Å². The molecule has 0 bridgehead atoms. The van der Waals surface area contributed by atoms with Crippen molar-refractivity contribution < 1.29 is 13.6 Å². The molecule has 2 N–H and O–H groups in total. The molecular formula is C10H10ClF2NO. The van der Waals surface area contributed by atoms with Crippen LogP contribution in [0.25, 0.3) is 0 Å². The molecule has 0 fully saturated rings. The highest BCUT2D eigenvalue weighted by molar-refractivity contribution is 6.34. The topological polar surface area (TPSA) is 43.1 Å². The van der Waals surface area contributed by atoms with Gasteiger partial charge in [0, 0.05) is 18.1 Å². The van der Waals surface area contributed by atoms with Gasteiger partial charge in [0.05, 0.1) is 11.6 Å². The van der Waals surface area contributed by atoms with Gasteiger partial charge in [0.25, 0.3) is 5.92 Å². The fourth-order valence-electron chi connectivity index (χ4n) is 1.12. The van der Waals surface area contributed by atoms with Crippen LogP contribution in [0.3, 0.4) is 0 Å². The second-order valence-corrected chi connectivity index (χ2v) is 3.62. The summed E-state index contributed by atoms with van der Waals surface area (Å²) in [7, 11) is 0. The van der Waals surface area contributed by atoms with Crippen molar-refractivity contribution in [1.29, 1.82) is 0 Å². The van der Waals surface area contributed by atoms with Crippen molar-refractivity contribution in [2.75, 3.05) is 6.54 Å². The lowest BCUT2D eigenvalue weighted by atomic mass is 10.0. The van der Waals surface area contributed by atoms with E-state index in [1.165, 1.54) is 12.1 Å². The minimum Gasteiger partial charge on any atom is -0.324 e. The molecule has 82 valence electrons. The van der Waals surface area contributed by atoms with Crippen LogP contribution in [0, 0.1) is 0 Å². The Morgan fingerprint density at radius 2 is 2.13 bits per heavy atom. The Morgan fingerprint density at radius 3 is 2.53 bits per heavy atom. The molecule has 0 unspecified atom stereocenters. The predicted octanol–water partition coefficient (Wildman–Crippen LogP) is 2.59. The number of alkyl halides is 2. The number of hydrogen-bond acceptors (Lipinski definition) is 2. The summed E-state index contributed by atoms with van der Waals surface area (Å²) in [5.74, 6) is -3.33.